The number of benzene rings is 1. The second kappa shape index (κ2) is 8.71. The summed E-state index contributed by atoms with van der Waals surface area (Å²) in [5, 5.41) is 2.62. The predicted octanol–water partition coefficient (Wildman–Crippen LogP) is 3.50. The summed E-state index contributed by atoms with van der Waals surface area (Å²) in [7, 11) is 0. The number of nitrogens with zero attached hydrogens (tertiary/aromatic N) is 2. The van der Waals surface area contributed by atoms with Crippen molar-refractivity contribution in [3.63, 3.8) is 0 Å². The Morgan fingerprint density at radius 3 is 2.73 bits per heavy atom. The van der Waals surface area contributed by atoms with Gasteiger partial charge < -0.3 is 14.1 Å². The minimum atomic E-state index is -0.543. The Hall–Kier alpha value is -3.13. The topological polar surface area (TPSA) is 75.0 Å². The number of thiocarbonyl (C=S) groups is 1. The van der Waals surface area contributed by atoms with Gasteiger partial charge >= 0.3 is 0 Å². The number of hydrogen-bond donors (Lipinski definition) is 1. The maximum atomic E-state index is 13.1. The molecule has 1 aromatic carbocycles. The minimum Gasteiger partial charge on any atom is -0.494 e. The van der Waals surface area contributed by atoms with E-state index in [2.05, 4.69) is 10.2 Å². The summed E-state index contributed by atoms with van der Waals surface area (Å²) in [6.07, 6.45) is 4.95. The lowest BCUT2D eigenvalue weighted by atomic mass is 10.1. The highest BCUT2D eigenvalue weighted by atomic mass is 32.1. The molecule has 0 atom stereocenters. The Kier molecular flexibility index (Phi) is 5.85. The quantitative estimate of drug-likeness (QED) is 0.449. The zero-order valence-electron chi connectivity index (χ0n) is 16.7. The van der Waals surface area contributed by atoms with Crippen LogP contribution in [-0.4, -0.2) is 36.6 Å². The molecule has 2 aliphatic heterocycles. The summed E-state index contributed by atoms with van der Waals surface area (Å²) in [6.45, 7) is 4.27. The summed E-state index contributed by atoms with van der Waals surface area (Å²) in [5.74, 6) is 0.767. The van der Waals surface area contributed by atoms with Crippen LogP contribution in [0.15, 0.2) is 46.4 Å². The van der Waals surface area contributed by atoms with Gasteiger partial charge in [0.2, 0.25) is 0 Å². The van der Waals surface area contributed by atoms with Crippen molar-refractivity contribution >= 4 is 46.8 Å². The first kappa shape index (κ1) is 20.2. The first-order chi connectivity index (χ1) is 14.6. The molecule has 0 aliphatic carbocycles. The van der Waals surface area contributed by atoms with Gasteiger partial charge in [0.1, 0.15) is 17.1 Å². The fourth-order valence-corrected chi connectivity index (χ4v) is 3.90. The number of ether oxygens (including phenoxy) is 1. The molecule has 2 aromatic rings. The van der Waals surface area contributed by atoms with Gasteiger partial charge in [-0.05, 0) is 62.7 Å². The van der Waals surface area contributed by atoms with E-state index in [0.717, 1.165) is 31.8 Å². The fraction of sp³-hybridized carbons (Fsp3) is 0.318. The largest absolute Gasteiger partial charge is 0.494 e. The van der Waals surface area contributed by atoms with Crippen LogP contribution in [0.1, 0.15) is 31.9 Å². The van der Waals surface area contributed by atoms with Gasteiger partial charge in [0.05, 0.1) is 12.3 Å². The van der Waals surface area contributed by atoms with Crippen molar-refractivity contribution in [2.75, 3.05) is 29.5 Å². The third-order valence-electron chi connectivity index (χ3n) is 5.06. The average Bonchev–Trinajstić information content (AvgIpc) is 3.21. The number of amides is 2. The van der Waals surface area contributed by atoms with Crippen LogP contribution in [0.4, 0.5) is 11.6 Å². The Bertz CT molecular complexity index is 1010. The molecule has 2 fully saturated rings. The second-order valence-electron chi connectivity index (χ2n) is 7.11. The molecule has 0 spiro atoms. The maximum Gasteiger partial charge on any atom is 0.270 e. The smallest absolute Gasteiger partial charge is 0.270 e. The number of piperidine rings is 1. The van der Waals surface area contributed by atoms with Crippen molar-refractivity contribution in [2.45, 2.75) is 26.2 Å². The first-order valence-corrected chi connectivity index (χ1v) is 10.5. The molecule has 0 saturated carbocycles. The van der Waals surface area contributed by atoms with Gasteiger partial charge in [-0.1, -0.05) is 6.07 Å². The van der Waals surface area contributed by atoms with E-state index in [9.17, 15) is 9.59 Å². The summed E-state index contributed by atoms with van der Waals surface area (Å²) >= 11 is 5.25. The Balaban J connectivity index is 1.61. The molecule has 2 saturated heterocycles. The van der Waals surface area contributed by atoms with Gasteiger partial charge in [0.15, 0.2) is 11.0 Å². The lowest BCUT2D eigenvalue weighted by Crippen LogP contribution is -2.54. The molecule has 2 amide bonds. The van der Waals surface area contributed by atoms with Crippen LogP contribution in [0.2, 0.25) is 0 Å². The summed E-state index contributed by atoms with van der Waals surface area (Å²) in [5.41, 5.74) is 0.486. The highest BCUT2D eigenvalue weighted by Gasteiger charge is 2.35. The Morgan fingerprint density at radius 2 is 1.97 bits per heavy atom. The Labute approximate surface area is 180 Å². The number of furan rings is 1. The molecule has 1 aromatic heterocycles. The van der Waals surface area contributed by atoms with Gasteiger partial charge in [0.25, 0.3) is 11.8 Å². The molecule has 0 unspecified atom stereocenters. The monoisotopic (exact) mass is 425 g/mol. The third kappa shape index (κ3) is 4.09. The lowest BCUT2D eigenvalue weighted by Gasteiger charge is -2.29. The van der Waals surface area contributed by atoms with Crippen molar-refractivity contribution in [1.29, 1.82) is 0 Å². The average molecular weight is 426 g/mol. The maximum absolute atomic E-state index is 13.1. The van der Waals surface area contributed by atoms with E-state index in [1.165, 1.54) is 17.4 Å². The summed E-state index contributed by atoms with van der Waals surface area (Å²) in [4.78, 5) is 29.1. The number of carbonyl (C=O) groups is 2. The van der Waals surface area contributed by atoms with Crippen molar-refractivity contribution in [3.05, 3.63) is 47.7 Å². The van der Waals surface area contributed by atoms with Crippen LogP contribution >= 0.6 is 12.2 Å². The van der Waals surface area contributed by atoms with E-state index in [0.29, 0.717) is 23.8 Å². The standard InChI is InChI=1S/C22H23N3O4S/c1-2-28-16-8-6-7-15(13-16)25-21(27)18(20(26)23-22(25)30)14-17-9-10-19(29-17)24-11-4-3-5-12-24/h6-10,13-14H,2-5,11-12H2,1H3,(H,23,26,30)/b18-14+. The SMILES string of the molecule is CCOc1cccc(N2C(=O)/C(=C/c3ccc(N4CCCCC4)o3)C(=O)NC2=S)c1. The van der Waals surface area contributed by atoms with Gasteiger partial charge in [0, 0.05) is 25.2 Å². The normalized spacial score (nSPS) is 18.7. The third-order valence-corrected chi connectivity index (χ3v) is 5.34. The van der Waals surface area contributed by atoms with E-state index in [-0.39, 0.29) is 10.7 Å². The van der Waals surface area contributed by atoms with Crippen LogP contribution in [-0.2, 0) is 9.59 Å². The molecule has 30 heavy (non-hydrogen) atoms. The van der Waals surface area contributed by atoms with E-state index < -0.39 is 11.8 Å². The Morgan fingerprint density at radius 1 is 1.17 bits per heavy atom. The van der Waals surface area contributed by atoms with Crippen LogP contribution in [0.25, 0.3) is 6.08 Å². The molecule has 1 N–H and O–H groups in total. The molecule has 8 heteroatoms. The molecule has 3 heterocycles. The molecule has 2 aliphatic rings. The second-order valence-corrected chi connectivity index (χ2v) is 7.50. The van der Waals surface area contributed by atoms with Crippen molar-refractivity contribution in [2.24, 2.45) is 0 Å². The van der Waals surface area contributed by atoms with E-state index in [1.807, 2.05) is 13.0 Å². The number of anilines is 2. The molecule has 0 bridgehead atoms. The van der Waals surface area contributed by atoms with E-state index in [1.54, 1.807) is 30.3 Å². The van der Waals surface area contributed by atoms with Gasteiger partial charge in [-0.2, -0.15) is 0 Å². The molecule has 0 radical (unpaired) electrons. The lowest BCUT2D eigenvalue weighted by molar-refractivity contribution is -0.122. The van der Waals surface area contributed by atoms with E-state index >= 15 is 0 Å². The summed E-state index contributed by atoms with van der Waals surface area (Å²) in [6, 6.07) is 10.7. The van der Waals surface area contributed by atoms with Crippen molar-refractivity contribution in [1.82, 2.24) is 5.32 Å². The zero-order valence-corrected chi connectivity index (χ0v) is 17.5. The van der Waals surface area contributed by atoms with Gasteiger partial charge in [-0.3, -0.25) is 19.8 Å². The van der Waals surface area contributed by atoms with Crippen molar-refractivity contribution in [3.8, 4) is 5.75 Å². The summed E-state index contributed by atoms with van der Waals surface area (Å²) < 4.78 is 11.4. The molecular weight excluding hydrogens is 402 g/mol. The molecule has 156 valence electrons. The van der Waals surface area contributed by atoms with Crippen LogP contribution < -0.4 is 19.9 Å². The number of rotatable bonds is 5. The molecule has 4 rings (SSSR count). The minimum absolute atomic E-state index is 0.0317. The number of carbonyl (C=O) groups excluding carboxylic acids is 2. The predicted molar refractivity (Wildman–Crippen MR) is 119 cm³/mol. The first-order valence-electron chi connectivity index (χ1n) is 10.1. The van der Waals surface area contributed by atoms with Crippen molar-refractivity contribution < 1.29 is 18.7 Å². The molecular formula is C22H23N3O4S. The van der Waals surface area contributed by atoms with Crippen LogP contribution in [0.5, 0.6) is 5.75 Å². The zero-order chi connectivity index (χ0) is 21.1. The fourth-order valence-electron chi connectivity index (χ4n) is 3.62. The van der Waals surface area contributed by atoms with Crippen LogP contribution in [0, 0.1) is 0 Å². The number of hydrogen-bond acceptors (Lipinski definition) is 6. The van der Waals surface area contributed by atoms with E-state index in [4.69, 9.17) is 21.4 Å². The number of nitrogens with one attached hydrogen (secondary N) is 1. The molecule has 7 nitrogen and oxygen atoms in total. The van der Waals surface area contributed by atoms with Crippen LogP contribution in [0.3, 0.4) is 0 Å². The highest BCUT2D eigenvalue weighted by Crippen LogP contribution is 2.27. The highest BCUT2D eigenvalue weighted by molar-refractivity contribution is 7.80. The van der Waals surface area contributed by atoms with Gasteiger partial charge in [-0.15, -0.1) is 0 Å². The van der Waals surface area contributed by atoms with Gasteiger partial charge in [-0.25, -0.2) is 0 Å².